The van der Waals surface area contributed by atoms with Crippen LogP contribution in [-0.2, 0) is 0 Å². The molecule has 0 saturated heterocycles. The summed E-state index contributed by atoms with van der Waals surface area (Å²) in [7, 11) is 1.39. The molecule has 0 aromatic carbocycles. The van der Waals surface area contributed by atoms with Gasteiger partial charge in [-0.05, 0) is 12.1 Å². The molecule has 60 valence electrons. The maximum absolute atomic E-state index is 10.7. The van der Waals surface area contributed by atoms with Crippen LogP contribution in [0.25, 0.3) is 0 Å². The van der Waals surface area contributed by atoms with Crippen LogP contribution in [0.1, 0.15) is 16.1 Å². The standard InChI is InChI=1S/C6H8N2O3/c1-3-4(5(7)9)6(10-2)8-11-3/h1-2H3,(H2,7,9). The largest absolute Gasteiger partial charge is 0.478 e. The van der Waals surface area contributed by atoms with E-state index in [0.29, 0.717) is 5.76 Å². The van der Waals surface area contributed by atoms with E-state index in [4.69, 9.17) is 10.5 Å². The molecule has 1 rings (SSSR count). The molecule has 5 heteroatoms. The first-order valence-corrected chi connectivity index (χ1v) is 2.97. The third kappa shape index (κ3) is 1.17. The quantitative estimate of drug-likeness (QED) is 0.658. The topological polar surface area (TPSA) is 78.3 Å². The third-order valence-corrected chi connectivity index (χ3v) is 1.27. The molecule has 0 radical (unpaired) electrons. The molecule has 0 aliphatic carbocycles. The predicted molar refractivity (Wildman–Crippen MR) is 36.3 cm³/mol. The Kier molecular flexibility index (Phi) is 1.80. The highest BCUT2D eigenvalue weighted by Gasteiger charge is 2.17. The molecule has 0 aliphatic heterocycles. The van der Waals surface area contributed by atoms with E-state index in [2.05, 4.69) is 9.68 Å². The second-order valence-corrected chi connectivity index (χ2v) is 1.99. The molecule has 0 saturated carbocycles. The fraction of sp³-hybridized carbons (Fsp3) is 0.333. The first-order valence-electron chi connectivity index (χ1n) is 2.97. The van der Waals surface area contributed by atoms with Crippen molar-refractivity contribution in [3.05, 3.63) is 11.3 Å². The fourth-order valence-corrected chi connectivity index (χ4v) is 0.770. The Morgan fingerprint density at radius 2 is 2.36 bits per heavy atom. The lowest BCUT2D eigenvalue weighted by Gasteiger charge is -1.93. The van der Waals surface area contributed by atoms with Gasteiger partial charge >= 0.3 is 0 Å². The number of ether oxygens (including phenoxy) is 1. The molecule has 0 spiro atoms. The van der Waals surface area contributed by atoms with Crippen LogP contribution >= 0.6 is 0 Å². The zero-order valence-corrected chi connectivity index (χ0v) is 6.25. The molecule has 0 aliphatic rings. The van der Waals surface area contributed by atoms with E-state index in [-0.39, 0.29) is 11.4 Å². The predicted octanol–water partition coefficient (Wildman–Crippen LogP) is 0.0905. The molecule has 5 nitrogen and oxygen atoms in total. The number of carbonyl (C=O) groups is 1. The van der Waals surface area contributed by atoms with Crippen molar-refractivity contribution >= 4 is 5.91 Å². The maximum Gasteiger partial charge on any atom is 0.267 e. The van der Waals surface area contributed by atoms with E-state index in [9.17, 15) is 4.79 Å². The van der Waals surface area contributed by atoms with Gasteiger partial charge in [-0.1, -0.05) is 0 Å². The van der Waals surface area contributed by atoms with Gasteiger partial charge in [0.15, 0.2) is 5.76 Å². The average Bonchev–Trinajstić information content (AvgIpc) is 2.30. The van der Waals surface area contributed by atoms with Crippen molar-refractivity contribution in [3.63, 3.8) is 0 Å². The molecule has 1 aromatic rings. The SMILES string of the molecule is COc1noc(C)c1C(N)=O. The summed E-state index contributed by atoms with van der Waals surface area (Å²) in [5.41, 5.74) is 5.22. The molecule has 0 atom stereocenters. The second kappa shape index (κ2) is 2.61. The van der Waals surface area contributed by atoms with Crippen molar-refractivity contribution in [2.45, 2.75) is 6.92 Å². The van der Waals surface area contributed by atoms with Gasteiger partial charge < -0.3 is 15.0 Å². The summed E-state index contributed by atoms with van der Waals surface area (Å²) in [4.78, 5) is 10.7. The Balaban J connectivity index is 3.17. The second-order valence-electron chi connectivity index (χ2n) is 1.99. The smallest absolute Gasteiger partial charge is 0.267 e. The Morgan fingerprint density at radius 3 is 2.73 bits per heavy atom. The van der Waals surface area contributed by atoms with Gasteiger partial charge in [-0.25, -0.2) is 0 Å². The molecule has 2 N–H and O–H groups in total. The maximum atomic E-state index is 10.7. The van der Waals surface area contributed by atoms with E-state index < -0.39 is 5.91 Å². The van der Waals surface area contributed by atoms with Gasteiger partial charge in [0.25, 0.3) is 11.8 Å². The van der Waals surface area contributed by atoms with Crippen molar-refractivity contribution in [3.8, 4) is 5.88 Å². The van der Waals surface area contributed by atoms with Crippen molar-refractivity contribution < 1.29 is 14.1 Å². The number of rotatable bonds is 2. The summed E-state index contributed by atoms with van der Waals surface area (Å²) >= 11 is 0. The van der Waals surface area contributed by atoms with Crippen LogP contribution < -0.4 is 10.5 Å². The number of primary amides is 1. The number of amides is 1. The highest BCUT2D eigenvalue weighted by molar-refractivity contribution is 5.95. The van der Waals surface area contributed by atoms with Crippen molar-refractivity contribution in [2.24, 2.45) is 5.73 Å². The lowest BCUT2D eigenvalue weighted by Crippen LogP contribution is -2.12. The molecular formula is C6H8N2O3. The van der Waals surface area contributed by atoms with Crippen LogP contribution in [0.4, 0.5) is 0 Å². The monoisotopic (exact) mass is 156 g/mol. The average molecular weight is 156 g/mol. The number of methoxy groups -OCH3 is 1. The lowest BCUT2D eigenvalue weighted by molar-refractivity contribution is 0.0996. The summed E-state index contributed by atoms with van der Waals surface area (Å²) in [6.45, 7) is 1.59. The zero-order chi connectivity index (χ0) is 8.43. The third-order valence-electron chi connectivity index (χ3n) is 1.27. The number of nitrogens with two attached hydrogens (primary N) is 1. The molecule has 1 aromatic heterocycles. The van der Waals surface area contributed by atoms with E-state index in [0.717, 1.165) is 0 Å². The van der Waals surface area contributed by atoms with E-state index in [1.54, 1.807) is 6.92 Å². The van der Waals surface area contributed by atoms with Crippen LogP contribution in [0, 0.1) is 6.92 Å². The van der Waals surface area contributed by atoms with Gasteiger partial charge in [-0.2, -0.15) is 0 Å². The summed E-state index contributed by atoms with van der Waals surface area (Å²) in [6, 6.07) is 0. The Morgan fingerprint density at radius 1 is 1.73 bits per heavy atom. The Labute approximate surface area is 63.1 Å². The number of aromatic nitrogens is 1. The van der Waals surface area contributed by atoms with E-state index in [1.807, 2.05) is 0 Å². The number of hydrogen-bond donors (Lipinski definition) is 1. The van der Waals surface area contributed by atoms with Gasteiger partial charge in [0, 0.05) is 0 Å². The van der Waals surface area contributed by atoms with Crippen LogP contribution in [0.15, 0.2) is 4.52 Å². The molecule has 1 amide bonds. The van der Waals surface area contributed by atoms with Crippen molar-refractivity contribution in [1.82, 2.24) is 5.16 Å². The summed E-state index contributed by atoms with van der Waals surface area (Å²) < 4.78 is 9.39. The van der Waals surface area contributed by atoms with Gasteiger partial charge in [-0.15, -0.1) is 0 Å². The molecule has 0 fully saturated rings. The molecular weight excluding hydrogens is 148 g/mol. The Hall–Kier alpha value is -1.52. The first kappa shape index (κ1) is 7.59. The van der Waals surface area contributed by atoms with E-state index in [1.165, 1.54) is 7.11 Å². The van der Waals surface area contributed by atoms with Crippen molar-refractivity contribution in [1.29, 1.82) is 0 Å². The van der Waals surface area contributed by atoms with Crippen LogP contribution in [0.2, 0.25) is 0 Å². The minimum absolute atomic E-state index is 0.134. The van der Waals surface area contributed by atoms with Gasteiger partial charge in [0.05, 0.1) is 7.11 Å². The highest BCUT2D eigenvalue weighted by Crippen LogP contribution is 2.18. The molecule has 1 heterocycles. The zero-order valence-electron chi connectivity index (χ0n) is 6.25. The lowest BCUT2D eigenvalue weighted by atomic mass is 10.2. The van der Waals surface area contributed by atoms with Gasteiger partial charge in [0.2, 0.25) is 0 Å². The van der Waals surface area contributed by atoms with E-state index >= 15 is 0 Å². The number of carbonyl (C=O) groups excluding carboxylic acids is 1. The molecule has 0 bridgehead atoms. The van der Waals surface area contributed by atoms with Crippen LogP contribution in [0.3, 0.4) is 0 Å². The van der Waals surface area contributed by atoms with Gasteiger partial charge in [-0.3, -0.25) is 4.79 Å². The highest BCUT2D eigenvalue weighted by atomic mass is 16.5. The van der Waals surface area contributed by atoms with Crippen LogP contribution in [-0.4, -0.2) is 18.2 Å². The number of aryl methyl sites for hydroxylation is 1. The van der Waals surface area contributed by atoms with Crippen molar-refractivity contribution in [2.75, 3.05) is 7.11 Å². The molecule has 11 heavy (non-hydrogen) atoms. The first-order chi connectivity index (χ1) is 5.16. The normalized spacial score (nSPS) is 9.64. The van der Waals surface area contributed by atoms with Gasteiger partial charge in [0.1, 0.15) is 5.56 Å². The number of hydrogen-bond acceptors (Lipinski definition) is 4. The summed E-state index contributed by atoms with van der Waals surface area (Å²) in [5.74, 6) is -0.0926. The fourth-order valence-electron chi connectivity index (χ4n) is 0.770. The van der Waals surface area contributed by atoms with Crippen LogP contribution in [0.5, 0.6) is 5.88 Å². The summed E-state index contributed by atoms with van der Waals surface area (Å²) in [5, 5.41) is 3.46. The number of nitrogens with zero attached hydrogens (tertiary/aromatic N) is 1. The summed E-state index contributed by atoms with van der Waals surface area (Å²) in [6.07, 6.45) is 0. The minimum Gasteiger partial charge on any atom is -0.478 e. The Bertz CT molecular complexity index is 279. The minimum atomic E-state index is -0.597. The molecule has 0 unspecified atom stereocenters.